The first-order valence-electron chi connectivity index (χ1n) is 6.46. The molecule has 0 aliphatic rings. The lowest BCUT2D eigenvalue weighted by Crippen LogP contribution is -2.20. The molecule has 1 N–H and O–H groups in total. The molecule has 0 aliphatic heterocycles. The number of alkyl halides is 3. The summed E-state index contributed by atoms with van der Waals surface area (Å²) in [4.78, 5) is 0. The molecule has 1 rings (SSSR count). The molecule has 0 heterocycles. The molecule has 6 heteroatoms. The summed E-state index contributed by atoms with van der Waals surface area (Å²) in [7, 11) is 0. The monoisotopic (exact) mass is 353 g/mol. The van der Waals surface area contributed by atoms with Crippen molar-refractivity contribution in [3.05, 3.63) is 28.2 Å². The zero-order chi connectivity index (χ0) is 15.2. The third-order valence-corrected chi connectivity index (χ3v) is 3.03. The molecular formula is C14H19BrF3NO. The Balaban J connectivity index is 2.60. The van der Waals surface area contributed by atoms with Crippen LogP contribution in [-0.4, -0.2) is 19.3 Å². The van der Waals surface area contributed by atoms with E-state index >= 15 is 0 Å². The number of ether oxygens (including phenoxy) is 1. The van der Waals surface area contributed by atoms with Crippen molar-refractivity contribution < 1.29 is 17.9 Å². The normalized spacial score (nSPS) is 11.9. The lowest BCUT2D eigenvalue weighted by Gasteiger charge is -2.14. The molecule has 0 aliphatic carbocycles. The van der Waals surface area contributed by atoms with E-state index in [4.69, 9.17) is 4.74 Å². The Morgan fingerprint density at radius 1 is 1.30 bits per heavy atom. The largest absolute Gasteiger partial charge is 0.493 e. The Bertz CT molecular complexity index is 421. The van der Waals surface area contributed by atoms with Crippen molar-refractivity contribution in [3.63, 3.8) is 0 Å². The van der Waals surface area contributed by atoms with Crippen molar-refractivity contribution in [1.29, 1.82) is 0 Å². The van der Waals surface area contributed by atoms with Crippen LogP contribution in [0.25, 0.3) is 0 Å². The van der Waals surface area contributed by atoms with Crippen LogP contribution in [0, 0.1) is 5.92 Å². The fourth-order valence-electron chi connectivity index (χ4n) is 1.60. The third-order valence-electron chi connectivity index (χ3n) is 2.53. The van der Waals surface area contributed by atoms with Gasteiger partial charge in [-0.1, -0.05) is 29.8 Å². The van der Waals surface area contributed by atoms with Gasteiger partial charge in [0, 0.05) is 16.6 Å². The van der Waals surface area contributed by atoms with Gasteiger partial charge < -0.3 is 10.1 Å². The summed E-state index contributed by atoms with van der Waals surface area (Å²) in [6.07, 6.45) is -5.13. The average Bonchev–Trinajstić information content (AvgIpc) is 2.30. The van der Waals surface area contributed by atoms with E-state index in [0.29, 0.717) is 18.2 Å². The molecule has 1 aromatic carbocycles. The van der Waals surface area contributed by atoms with Crippen LogP contribution in [0.15, 0.2) is 22.7 Å². The van der Waals surface area contributed by atoms with Crippen molar-refractivity contribution in [2.45, 2.75) is 33.0 Å². The molecule has 20 heavy (non-hydrogen) atoms. The summed E-state index contributed by atoms with van der Waals surface area (Å²) in [6, 6.07) is 5.30. The summed E-state index contributed by atoms with van der Waals surface area (Å²) in [6.45, 7) is 5.24. The molecule has 2 nitrogen and oxygen atoms in total. The first-order chi connectivity index (χ1) is 9.28. The van der Waals surface area contributed by atoms with Crippen molar-refractivity contribution in [2.75, 3.05) is 13.2 Å². The van der Waals surface area contributed by atoms with E-state index < -0.39 is 12.6 Å². The number of halogens is 4. The highest BCUT2D eigenvalue weighted by Crippen LogP contribution is 2.25. The summed E-state index contributed by atoms with van der Waals surface area (Å²) < 4.78 is 42.5. The molecular weight excluding hydrogens is 335 g/mol. The molecule has 1 aromatic rings. The van der Waals surface area contributed by atoms with Gasteiger partial charge in [-0.05, 0) is 30.7 Å². The summed E-state index contributed by atoms with van der Waals surface area (Å²) in [5.41, 5.74) is 0.849. The first kappa shape index (κ1) is 17.3. The van der Waals surface area contributed by atoms with Crippen LogP contribution < -0.4 is 10.1 Å². The van der Waals surface area contributed by atoms with Gasteiger partial charge in [0.25, 0.3) is 0 Å². The van der Waals surface area contributed by atoms with E-state index in [-0.39, 0.29) is 6.61 Å². The molecule has 0 saturated carbocycles. The van der Waals surface area contributed by atoms with Gasteiger partial charge in [0.2, 0.25) is 0 Å². The number of benzene rings is 1. The molecule has 0 bridgehead atoms. The maximum Gasteiger partial charge on any atom is 0.392 e. The molecule has 0 unspecified atom stereocenters. The molecule has 0 saturated heterocycles. The Hall–Kier alpha value is -0.750. The minimum Gasteiger partial charge on any atom is -0.493 e. The van der Waals surface area contributed by atoms with Crippen LogP contribution >= 0.6 is 15.9 Å². The Morgan fingerprint density at radius 2 is 2.00 bits per heavy atom. The average molecular weight is 354 g/mol. The Kier molecular flexibility index (Phi) is 6.82. The van der Waals surface area contributed by atoms with E-state index in [0.717, 1.165) is 16.6 Å². The Labute approximate surface area is 125 Å². The minimum absolute atomic E-state index is 0.359. The molecule has 0 atom stereocenters. The van der Waals surface area contributed by atoms with Crippen LogP contribution in [0.2, 0.25) is 0 Å². The van der Waals surface area contributed by atoms with E-state index in [2.05, 4.69) is 35.1 Å². The third kappa shape index (κ3) is 7.14. The van der Waals surface area contributed by atoms with Crippen molar-refractivity contribution in [1.82, 2.24) is 5.32 Å². The maximum atomic E-state index is 12.1. The summed E-state index contributed by atoms with van der Waals surface area (Å²) in [5, 5.41) is 3.25. The van der Waals surface area contributed by atoms with Gasteiger partial charge in [0.15, 0.2) is 0 Å². The second-order valence-corrected chi connectivity index (χ2v) is 5.91. The minimum atomic E-state index is -4.19. The maximum absolute atomic E-state index is 12.1. The van der Waals surface area contributed by atoms with Crippen molar-refractivity contribution in [2.24, 2.45) is 5.92 Å². The van der Waals surface area contributed by atoms with Gasteiger partial charge in [-0.2, -0.15) is 13.2 Å². The Morgan fingerprint density at radius 3 is 2.60 bits per heavy atom. The van der Waals surface area contributed by atoms with Gasteiger partial charge in [0.1, 0.15) is 5.75 Å². The van der Waals surface area contributed by atoms with E-state index in [1.54, 1.807) is 12.1 Å². The highest BCUT2D eigenvalue weighted by Gasteiger charge is 2.27. The van der Waals surface area contributed by atoms with Crippen LogP contribution in [0.4, 0.5) is 13.2 Å². The second kappa shape index (κ2) is 7.88. The number of hydrogen-bond donors (Lipinski definition) is 1. The highest BCUT2D eigenvalue weighted by molar-refractivity contribution is 9.10. The van der Waals surface area contributed by atoms with Gasteiger partial charge in [-0.15, -0.1) is 0 Å². The topological polar surface area (TPSA) is 21.3 Å². The fraction of sp³-hybridized carbons (Fsp3) is 0.571. The molecule has 0 radical (unpaired) electrons. The fourth-order valence-corrected chi connectivity index (χ4v) is 2.01. The first-order valence-corrected chi connectivity index (χ1v) is 7.26. The van der Waals surface area contributed by atoms with Crippen LogP contribution in [0.5, 0.6) is 5.75 Å². The van der Waals surface area contributed by atoms with E-state index in [1.165, 1.54) is 0 Å². The van der Waals surface area contributed by atoms with Crippen LogP contribution in [-0.2, 0) is 6.54 Å². The van der Waals surface area contributed by atoms with Crippen molar-refractivity contribution >= 4 is 15.9 Å². The van der Waals surface area contributed by atoms with E-state index in [9.17, 15) is 13.2 Å². The van der Waals surface area contributed by atoms with E-state index in [1.807, 2.05) is 6.07 Å². The standard InChI is InChI=1S/C14H19BrF3NO/c1-10(2)8-19-9-11-7-12(15)3-4-13(11)20-6-5-14(16,17)18/h3-4,7,10,19H,5-6,8-9H2,1-2H3. The second-order valence-electron chi connectivity index (χ2n) is 4.99. The lowest BCUT2D eigenvalue weighted by atomic mass is 10.2. The number of hydrogen-bond acceptors (Lipinski definition) is 2. The van der Waals surface area contributed by atoms with Crippen molar-refractivity contribution in [3.8, 4) is 5.75 Å². The molecule has 0 amide bonds. The predicted octanol–water partition coefficient (Wildman–Crippen LogP) is 4.53. The highest BCUT2D eigenvalue weighted by atomic mass is 79.9. The van der Waals surface area contributed by atoms with Gasteiger partial charge in [0.05, 0.1) is 13.0 Å². The van der Waals surface area contributed by atoms with Gasteiger partial charge in [-0.3, -0.25) is 0 Å². The molecule has 0 fully saturated rings. The molecule has 0 spiro atoms. The molecule has 114 valence electrons. The van der Waals surface area contributed by atoms with Gasteiger partial charge >= 0.3 is 6.18 Å². The zero-order valence-corrected chi connectivity index (χ0v) is 13.1. The molecule has 0 aromatic heterocycles. The van der Waals surface area contributed by atoms with Gasteiger partial charge in [-0.25, -0.2) is 0 Å². The van der Waals surface area contributed by atoms with Crippen LogP contribution in [0.1, 0.15) is 25.8 Å². The SMILES string of the molecule is CC(C)CNCc1cc(Br)ccc1OCCC(F)(F)F. The number of nitrogens with one attached hydrogen (secondary N) is 1. The zero-order valence-electron chi connectivity index (χ0n) is 11.6. The number of rotatable bonds is 7. The van der Waals surface area contributed by atoms with Crippen LogP contribution in [0.3, 0.4) is 0 Å². The predicted molar refractivity (Wildman–Crippen MR) is 76.9 cm³/mol. The smallest absolute Gasteiger partial charge is 0.392 e. The quantitative estimate of drug-likeness (QED) is 0.777. The summed E-state index contributed by atoms with van der Waals surface area (Å²) in [5.74, 6) is 1.01. The summed E-state index contributed by atoms with van der Waals surface area (Å²) >= 11 is 3.35. The lowest BCUT2D eigenvalue weighted by molar-refractivity contribution is -0.139.